The summed E-state index contributed by atoms with van der Waals surface area (Å²) in [4.78, 5) is 5.03. The van der Waals surface area contributed by atoms with Crippen molar-refractivity contribution < 1.29 is 4.74 Å². The van der Waals surface area contributed by atoms with Crippen molar-refractivity contribution in [2.75, 3.05) is 5.73 Å². The van der Waals surface area contributed by atoms with Crippen molar-refractivity contribution in [3.63, 3.8) is 0 Å². The molecule has 0 aliphatic heterocycles. The third-order valence-corrected chi connectivity index (χ3v) is 3.47. The number of benzene rings is 1. The van der Waals surface area contributed by atoms with Gasteiger partial charge in [-0.05, 0) is 23.1 Å². The maximum atomic E-state index is 5.69. The summed E-state index contributed by atoms with van der Waals surface area (Å²) in [5.41, 5.74) is 7.04. The van der Waals surface area contributed by atoms with Crippen LogP contribution in [0.15, 0.2) is 30.5 Å². The highest BCUT2D eigenvalue weighted by Gasteiger charge is 2.12. The van der Waals surface area contributed by atoms with E-state index in [1.165, 1.54) is 16.9 Å². The standard InChI is InChI=1S/C14H18N2OS/c1-14(2,3)10-4-6-11(7-5-10)17-9-12-8-16-13(15)18-12/h4-8H,9H2,1-3H3,(H2,15,16). The van der Waals surface area contributed by atoms with Crippen molar-refractivity contribution in [1.82, 2.24) is 4.98 Å². The zero-order valence-electron chi connectivity index (χ0n) is 10.9. The molecule has 0 atom stereocenters. The second-order valence-electron chi connectivity index (χ2n) is 5.23. The number of nitrogen functional groups attached to an aromatic ring is 1. The van der Waals surface area contributed by atoms with Gasteiger partial charge in [0.1, 0.15) is 12.4 Å². The van der Waals surface area contributed by atoms with E-state index in [0.717, 1.165) is 10.6 Å². The van der Waals surface area contributed by atoms with Gasteiger partial charge in [0.15, 0.2) is 5.13 Å². The minimum Gasteiger partial charge on any atom is -0.488 e. The van der Waals surface area contributed by atoms with Gasteiger partial charge in [-0.25, -0.2) is 4.98 Å². The molecule has 0 unspecified atom stereocenters. The van der Waals surface area contributed by atoms with E-state index in [-0.39, 0.29) is 5.41 Å². The van der Waals surface area contributed by atoms with Crippen LogP contribution in [-0.4, -0.2) is 4.98 Å². The summed E-state index contributed by atoms with van der Waals surface area (Å²) in [5, 5.41) is 0.580. The van der Waals surface area contributed by atoms with Crippen LogP contribution in [0.2, 0.25) is 0 Å². The van der Waals surface area contributed by atoms with Crippen molar-refractivity contribution in [2.45, 2.75) is 32.8 Å². The third kappa shape index (κ3) is 3.23. The lowest BCUT2D eigenvalue weighted by molar-refractivity contribution is 0.309. The Kier molecular flexibility index (Phi) is 3.57. The van der Waals surface area contributed by atoms with E-state index in [1.54, 1.807) is 6.20 Å². The highest BCUT2D eigenvalue weighted by atomic mass is 32.1. The molecule has 2 N–H and O–H groups in total. The second-order valence-corrected chi connectivity index (χ2v) is 6.37. The summed E-state index contributed by atoms with van der Waals surface area (Å²) in [7, 11) is 0. The van der Waals surface area contributed by atoms with Crippen molar-refractivity contribution in [3.05, 3.63) is 40.9 Å². The molecule has 2 aromatic rings. The van der Waals surface area contributed by atoms with Gasteiger partial charge in [0.05, 0.1) is 4.88 Å². The Bertz CT molecular complexity index is 511. The van der Waals surface area contributed by atoms with Gasteiger partial charge in [-0.15, -0.1) is 0 Å². The molecule has 0 spiro atoms. The summed E-state index contributed by atoms with van der Waals surface area (Å²) >= 11 is 1.46. The molecule has 1 aromatic heterocycles. The van der Waals surface area contributed by atoms with Crippen molar-refractivity contribution in [1.29, 1.82) is 0 Å². The summed E-state index contributed by atoms with van der Waals surface area (Å²) in [6.45, 7) is 7.11. The quantitative estimate of drug-likeness (QED) is 0.919. The highest BCUT2D eigenvalue weighted by Crippen LogP contribution is 2.25. The molecule has 96 valence electrons. The molecule has 0 radical (unpaired) electrons. The van der Waals surface area contributed by atoms with Crippen LogP contribution < -0.4 is 10.5 Å². The Morgan fingerprint density at radius 1 is 1.22 bits per heavy atom. The zero-order valence-corrected chi connectivity index (χ0v) is 11.8. The van der Waals surface area contributed by atoms with Gasteiger partial charge in [-0.1, -0.05) is 44.2 Å². The molecule has 1 aromatic carbocycles. The van der Waals surface area contributed by atoms with Gasteiger partial charge in [-0.3, -0.25) is 0 Å². The normalized spacial score (nSPS) is 11.5. The summed E-state index contributed by atoms with van der Waals surface area (Å²) in [6, 6.07) is 8.22. The predicted octanol–water partition coefficient (Wildman–Crippen LogP) is 3.60. The lowest BCUT2D eigenvalue weighted by Gasteiger charge is -2.19. The number of aromatic nitrogens is 1. The average molecular weight is 262 g/mol. The van der Waals surface area contributed by atoms with Crippen LogP contribution in [0.3, 0.4) is 0 Å². The Balaban J connectivity index is 1.98. The molecule has 1 heterocycles. The topological polar surface area (TPSA) is 48.1 Å². The van der Waals surface area contributed by atoms with Gasteiger partial charge in [-0.2, -0.15) is 0 Å². The van der Waals surface area contributed by atoms with Gasteiger partial charge in [0.25, 0.3) is 0 Å². The lowest BCUT2D eigenvalue weighted by Crippen LogP contribution is -2.10. The average Bonchev–Trinajstić information content (AvgIpc) is 2.72. The lowest BCUT2D eigenvalue weighted by atomic mass is 9.87. The van der Waals surface area contributed by atoms with E-state index in [9.17, 15) is 0 Å². The highest BCUT2D eigenvalue weighted by molar-refractivity contribution is 7.15. The van der Waals surface area contributed by atoms with Crippen molar-refractivity contribution in [3.8, 4) is 5.75 Å². The molecule has 0 bridgehead atoms. The molecule has 0 aliphatic carbocycles. The van der Waals surface area contributed by atoms with E-state index in [1.807, 2.05) is 12.1 Å². The van der Waals surface area contributed by atoms with E-state index in [4.69, 9.17) is 10.5 Å². The zero-order chi connectivity index (χ0) is 13.2. The molecular weight excluding hydrogens is 244 g/mol. The van der Waals surface area contributed by atoms with Gasteiger partial charge < -0.3 is 10.5 Å². The predicted molar refractivity (Wildman–Crippen MR) is 76.0 cm³/mol. The first-order chi connectivity index (χ1) is 8.45. The smallest absolute Gasteiger partial charge is 0.180 e. The Morgan fingerprint density at radius 2 is 1.89 bits per heavy atom. The number of hydrogen-bond donors (Lipinski definition) is 1. The SMILES string of the molecule is CC(C)(C)c1ccc(OCc2cnc(N)s2)cc1. The maximum Gasteiger partial charge on any atom is 0.180 e. The second kappa shape index (κ2) is 4.98. The Labute approximate surface area is 112 Å². The minimum atomic E-state index is 0.171. The van der Waals surface area contributed by atoms with E-state index in [2.05, 4.69) is 37.9 Å². The minimum absolute atomic E-state index is 0.171. The van der Waals surface area contributed by atoms with Crippen LogP contribution in [0.5, 0.6) is 5.75 Å². The van der Waals surface area contributed by atoms with Crippen LogP contribution in [0.25, 0.3) is 0 Å². The molecule has 0 saturated carbocycles. The molecule has 0 saturated heterocycles. The summed E-state index contributed by atoms with van der Waals surface area (Å²) < 4.78 is 5.69. The van der Waals surface area contributed by atoms with Crippen LogP contribution in [-0.2, 0) is 12.0 Å². The fraction of sp³-hybridized carbons (Fsp3) is 0.357. The monoisotopic (exact) mass is 262 g/mol. The number of ether oxygens (including phenoxy) is 1. The first-order valence-corrected chi connectivity index (χ1v) is 6.70. The fourth-order valence-electron chi connectivity index (χ4n) is 1.59. The Morgan fingerprint density at radius 3 is 2.39 bits per heavy atom. The van der Waals surface area contributed by atoms with Gasteiger partial charge in [0.2, 0.25) is 0 Å². The van der Waals surface area contributed by atoms with E-state index < -0.39 is 0 Å². The van der Waals surface area contributed by atoms with Crippen molar-refractivity contribution >= 4 is 16.5 Å². The van der Waals surface area contributed by atoms with Crippen LogP contribution in [0.1, 0.15) is 31.2 Å². The molecule has 18 heavy (non-hydrogen) atoms. The molecule has 0 amide bonds. The Hall–Kier alpha value is -1.55. The maximum absolute atomic E-state index is 5.69. The third-order valence-electron chi connectivity index (χ3n) is 2.67. The first kappa shape index (κ1) is 12.9. The van der Waals surface area contributed by atoms with E-state index in [0.29, 0.717) is 11.7 Å². The summed E-state index contributed by atoms with van der Waals surface area (Å²) in [6.07, 6.45) is 1.75. The molecule has 3 nitrogen and oxygen atoms in total. The first-order valence-electron chi connectivity index (χ1n) is 5.89. The van der Waals surface area contributed by atoms with Crippen LogP contribution in [0, 0.1) is 0 Å². The molecule has 0 aliphatic rings. The fourth-order valence-corrected chi connectivity index (χ4v) is 2.19. The van der Waals surface area contributed by atoms with Crippen LogP contribution in [0.4, 0.5) is 5.13 Å². The molecule has 0 fully saturated rings. The van der Waals surface area contributed by atoms with Crippen LogP contribution >= 0.6 is 11.3 Å². The van der Waals surface area contributed by atoms with Gasteiger partial charge in [0, 0.05) is 6.20 Å². The number of nitrogens with zero attached hydrogens (tertiary/aromatic N) is 1. The largest absolute Gasteiger partial charge is 0.488 e. The number of anilines is 1. The number of hydrogen-bond acceptors (Lipinski definition) is 4. The number of rotatable bonds is 3. The number of nitrogens with two attached hydrogens (primary N) is 1. The van der Waals surface area contributed by atoms with E-state index >= 15 is 0 Å². The molecule has 4 heteroatoms. The summed E-state index contributed by atoms with van der Waals surface area (Å²) in [5.74, 6) is 0.870. The van der Waals surface area contributed by atoms with Gasteiger partial charge >= 0.3 is 0 Å². The molecular formula is C14H18N2OS. The molecule has 2 rings (SSSR count). The number of thiazole rings is 1. The van der Waals surface area contributed by atoms with Crippen molar-refractivity contribution in [2.24, 2.45) is 0 Å².